The van der Waals surface area contributed by atoms with Crippen molar-refractivity contribution in [3.05, 3.63) is 30.0 Å². The summed E-state index contributed by atoms with van der Waals surface area (Å²) in [7, 11) is 0. The molecule has 0 aromatic heterocycles. The van der Waals surface area contributed by atoms with Gasteiger partial charge < -0.3 is 36.1 Å². The van der Waals surface area contributed by atoms with Crippen molar-refractivity contribution in [2.45, 2.75) is 0 Å². The molecule has 14 heavy (non-hydrogen) atoms. The standard InChI is InChI=1S/4HNO2.H2O.Zn/c4*2-1-3;;/h4*(H,2,3);1H2;/q;;;;;+2/p-2. The number of rotatable bonds is 0. The van der Waals surface area contributed by atoms with E-state index in [1.165, 1.54) is 10.7 Å². The summed E-state index contributed by atoms with van der Waals surface area (Å²) in [5.74, 6) is 0. The molecule has 0 saturated heterocycles. The first kappa shape index (κ1) is 39.9. The van der Waals surface area contributed by atoms with E-state index in [1.54, 1.807) is 0 Å². The van der Waals surface area contributed by atoms with E-state index < -0.39 is 0 Å². The minimum Gasteiger partial charge on any atom is -0.444 e. The molecule has 0 aliphatic carbocycles. The van der Waals surface area contributed by atoms with Crippen LogP contribution in [0, 0.1) is 30.0 Å². The van der Waals surface area contributed by atoms with Gasteiger partial charge in [0.25, 0.3) is 0 Å². The molecule has 0 atom stereocenters. The van der Waals surface area contributed by atoms with E-state index in [2.05, 4.69) is 0 Å². The quantitative estimate of drug-likeness (QED) is 0.342. The van der Waals surface area contributed by atoms with Crippen LogP contribution < -0.4 is 0 Å². The third kappa shape index (κ3) is 260. The summed E-state index contributed by atoms with van der Waals surface area (Å²) in [5, 5.41) is 33.8. The molecule has 0 radical (unpaired) electrons. The first-order valence-corrected chi connectivity index (χ1v) is 1.50. The van der Waals surface area contributed by atoms with Crippen molar-refractivity contribution in [1.29, 1.82) is 0 Å². The summed E-state index contributed by atoms with van der Waals surface area (Å²) >= 11 is 0. The Hall–Kier alpha value is -1.82. The van der Waals surface area contributed by atoms with E-state index >= 15 is 0 Å². The minimum atomic E-state index is 0. The second-order valence-corrected chi connectivity index (χ2v) is 0.312. The van der Waals surface area contributed by atoms with Crippen molar-refractivity contribution in [3.63, 3.8) is 0 Å². The summed E-state index contributed by atoms with van der Waals surface area (Å²) in [6.45, 7) is 0. The molecule has 0 fully saturated rings. The van der Waals surface area contributed by atoms with Gasteiger partial charge in [0, 0.05) is 0 Å². The van der Waals surface area contributed by atoms with E-state index in [9.17, 15) is 0 Å². The molecule has 14 heteroatoms. The van der Waals surface area contributed by atoms with Crippen molar-refractivity contribution in [2.75, 3.05) is 0 Å². The van der Waals surface area contributed by atoms with E-state index in [0.717, 1.165) is 10.7 Å². The van der Waals surface area contributed by atoms with E-state index in [4.69, 9.17) is 40.5 Å². The smallest absolute Gasteiger partial charge is 0.444 e. The Morgan fingerprint density at radius 3 is 0.786 bits per heavy atom. The molecule has 0 amide bonds. The van der Waals surface area contributed by atoms with Gasteiger partial charge in [-0.1, -0.05) is 0 Å². The Kier molecular flexibility index (Phi) is 693. The zero-order chi connectivity index (χ0) is 10.8. The maximum absolute atomic E-state index is 8.11. The molecule has 0 saturated carbocycles. The second kappa shape index (κ2) is 243. The third-order valence-electron chi connectivity index (χ3n) is 0. The molecule has 0 aliphatic heterocycles. The summed E-state index contributed by atoms with van der Waals surface area (Å²) < 4.78 is 0. The van der Waals surface area contributed by atoms with Gasteiger partial charge in [-0.3, -0.25) is 0 Å². The van der Waals surface area contributed by atoms with Gasteiger partial charge >= 0.3 is 19.5 Å². The molecule has 4 N–H and O–H groups in total. The van der Waals surface area contributed by atoms with Gasteiger partial charge in [-0.25, -0.2) is 0 Å². The Balaban J connectivity index is -0.0000000145. The largest absolute Gasteiger partial charge is 2.00 e. The number of hydrogen-bond donors (Lipinski definition) is 2. The monoisotopic (exact) mass is 268 g/mol. The average molecular weight is 269 g/mol. The van der Waals surface area contributed by atoms with Crippen LogP contribution in [0.4, 0.5) is 0 Å². The van der Waals surface area contributed by atoms with Crippen LogP contribution >= 0.6 is 0 Å². The SMILES string of the molecule is O.O=NO.O=NO.O=N[O-].O=N[O-].[Zn+2]. The zero-order valence-corrected chi connectivity index (χ0v) is 9.31. The zero-order valence-electron chi connectivity index (χ0n) is 6.34. The fourth-order valence-electron chi connectivity index (χ4n) is 0. The number of nitrogens with zero attached hydrogens (tertiary/aromatic N) is 4. The predicted molar refractivity (Wildman–Crippen MR) is 37.1 cm³/mol. The molecule has 0 bridgehead atoms. The summed E-state index contributed by atoms with van der Waals surface area (Å²) in [6.07, 6.45) is 0. The average Bonchev–Trinajstić information content (AvgIpc) is 1.92. The van der Waals surface area contributed by atoms with Gasteiger partial charge in [0.15, 0.2) is 10.7 Å². The van der Waals surface area contributed by atoms with Gasteiger partial charge in [0.1, 0.15) is 0 Å². The Morgan fingerprint density at radius 2 is 0.786 bits per heavy atom. The second-order valence-electron chi connectivity index (χ2n) is 0.312. The molecule has 0 aromatic rings. The van der Waals surface area contributed by atoms with E-state index in [-0.39, 0.29) is 25.0 Å². The van der Waals surface area contributed by atoms with Crippen molar-refractivity contribution in [2.24, 2.45) is 21.4 Å². The van der Waals surface area contributed by atoms with Crippen LogP contribution in [-0.2, 0) is 19.5 Å². The summed E-state index contributed by atoms with van der Waals surface area (Å²) in [5.41, 5.74) is 0. The molecule has 80 valence electrons. The van der Waals surface area contributed by atoms with Crippen LogP contribution in [0.1, 0.15) is 0 Å². The van der Waals surface area contributed by atoms with E-state index in [1.807, 2.05) is 0 Å². The molecule has 0 spiro atoms. The van der Waals surface area contributed by atoms with Gasteiger partial charge in [0.05, 0.1) is 0 Å². The van der Waals surface area contributed by atoms with Crippen LogP contribution in [0.3, 0.4) is 0 Å². The minimum absolute atomic E-state index is 0. The summed E-state index contributed by atoms with van der Waals surface area (Å²) in [4.78, 5) is 32.2. The maximum atomic E-state index is 8.11. The van der Waals surface area contributed by atoms with E-state index in [0.29, 0.717) is 0 Å². The van der Waals surface area contributed by atoms with Crippen LogP contribution in [0.25, 0.3) is 0 Å². The van der Waals surface area contributed by atoms with Gasteiger partial charge in [0.2, 0.25) is 0 Å². The molecule has 0 rings (SSSR count). The van der Waals surface area contributed by atoms with Crippen molar-refractivity contribution >= 4 is 0 Å². The molecule has 0 unspecified atom stereocenters. The molecular weight excluding hydrogens is 265 g/mol. The Labute approximate surface area is 87.5 Å². The Morgan fingerprint density at radius 1 is 0.786 bits per heavy atom. The first-order chi connectivity index (χ1) is 5.66. The van der Waals surface area contributed by atoms with Crippen molar-refractivity contribution < 1.29 is 35.4 Å². The van der Waals surface area contributed by atoms with Crippen molar-refractivity contribution in [1.82, 2.24) is 0 Å². The summed E-state index contributed by atoms with van der Waals surface area (Å²) in [6, 6.07) is 0. The van der Waals surface area contributed by atoms with Gasteiger partial charge in [-0.05, 0) is 0 Å². The normalized spacial score (nSPS) is 3.43. The number of hydrogen-bond acceptors (Lipinski definition) is 10. The third-order valence-corrected chi connectivity index (χ3v) is 0. The first-order valence-electron chi connectivity index (χ1n) is 1.50. The maximum Gasteiger partial charge on any atom is 2.00 e. The Bertz CT molecular complexity index is 70.8. The molecule has 13 nitrogen and oxygen atoms in total. The van der Waals surface area contributed by atoms with Crippen molar-refractivity contribution in [3.8, 4) is 0 Å². The fourth-order valence-corrected chi connectivity index (χ4v) is 0. The van der Waals surface area contributed by atoms with Crippen LogP contribution in [0.2, 0.25) is 0 Å². The molecule has 0 aliphatic rings. The van der Waals surface area contributed by atoms with Crippen LogP contribution in [-0.4, -0.2) is 15.9 Å². The van der Waals surface area contributed by atoms with Crippen LogP contribution in [0.15, 0.2) is 21.4 Å². The van der Waals surface area contributed by atoms with Gasteiger partial charge in [-0.2, -0.15) is 0 Å². The van der Waals surface area contributed by atoms with Crippen LogP contribution in [0.5, 0.6) is 0 Å². The predicted octanol–water partition coefficient (Wildman–Crippen LogP) is -0.0420. The van der Waals surface area contributed by atoms with Gasteiger partial charge in [-0.15, -0.1) is 20.5 Å². The molecule has 0 aromatic carbocycles. The molecular formula is H4N4O9Zn. The molecule has 0 heterocycles. The topological polar surface area (TPSA) is 236 Å². The fraction of sp³-hybridized carbons (Fsp3) is 0.